The molecule has 2 N–H and O–H groups in total. The van der Waals surface area contributed by atoms with E-state index in [4.69, 9.17) is 16.6 Å². The topological polar surface area (TPSA) is 44.0 Å². The summed E-state index contributed by atoms with van der Waals surface area (Å²) in [5.74, 6) is 1.29. The number of rotatable bonds is 7. The van der Waals surface area contributed by atoms with Gasteiger partial charge in [0.15, 0.2) is 0 Å². The third kappa shape index (κ3) is 6.48. The standard InChI is InChI=1S/C31H35ClN4.3ClH/c1-22(2)31(36-20-18-33-19-21-36,28(24-10-6-4-7-11-24)25-12-8-5-9-13-25)29-23(3)34-30(35-29)26-14-16-27(32)17-15-26;;;/h4-17,22,28,33H,18-21H2,1-3H3,(H,34,35);3*1H. The highest BCUT2D eigenvalue weighted by molar-refractivity contribution is 6.30. The van der Waals surface area contributed by atoms with E-state index in [9.17, 15) is 0 Å². The molecule has 4 aromatic rings. The highest BCUT2D eigenvalue weighted by atomic mass is 35.5. The summed E-state index contributed by atoms with van der Waals surface area (Å²) in [5.41, 5.74) is 5.56. The number of aromatic nitrogens is 2. The third-order valence-electron chi connectivity index (χ3n) is 7.61. The van der Waals surface area contributed by atoms with Crippen molar-refractivity contribution in [3.05, 3.63) is 112 Å². The molecule has 1 fully saturated rings. The maximum Gasteiger partial charge on any atom is 0.137 e. The first-order valence-corrected chi connectivity index (χ1v) is 13.3. The van der Waals surface area contributed by atoms with Crippen molar-refractivity contribution in [1.82, 2.24) is 20.2 Å². The lowest BCUT2D eigenvalue weighted by molar-refractivity contribution is 0.0108. The van der Waals surface area contributed by atoms with Gasteiger partial charge in [-0.1, -0.05) is 86.1 Å². The van der Waals surface area contributed by atoms with Crippen molar-refractivity contribution in [2.45, 2.75) is 32.2 Å². The second-order valence-corrected chi connectivity index (χ2v) is 10.5. The Hall–Kier alpha value is -2.05. The number of nitrogens with zero attached hydrogens (tertiary/aromatic N) is 2. The predicted octanol–water partition coefficient (Wildman–Crippen LogP) is 7.89. The molecule has 4 nitrogen and oxygen atoms in total. The quantitative estimate of drug-likeness (QED) is 0.224. The van der Waals surface area contributed by atoms with Crippen molar-refractivity contribution >= 4 is 48.8 Å². The van der Waals surface area contributed by atoms with Crippen LogP contribution in [0.3, 0.4) is 0 Å². The number of aryl methyl sites for hydroxylation is 1. The lowest BCUT2D eigenvalue weighted by Crippen LogP contribution is -2.60. The van der Waals surface area contributed by atoms with Crippen LogP contribution in [0.5, 0.6) is 0 Å². The van der Waals surface area contributed by atoms with Gasteiger partial charge in [-0.2, -0.15) is 0 Å². The normalized spacial score (nSPS) is 15.1. The van der Waals surface area contributed by atoms with Gasteiger partial charge in [-0.25, -0.2) is 4.98 Å². The molecule has 1 saturated heterocycles. The summed E-state index contributed by atoms with van der Waals surface area (Å²) in [4.78, 5) is 11.7. The van der Waals surface area contributed by atoms with Gasteiger partial charge in [-0.15, -0.1) is 37.2 Å². The number of halogens is 4. The average Bonchev–Trinajstić information content (AvgIpc) is 3.30. The zero-order valence-corrected chi connectivity index (χ0v) is 25.8. The molecule has 5 rings (SSSR count). The summed E-state index contributed by atoms with van der Waals surface area (Å²) in [7, 11) is 0. The van der Waals surface area contributed by atoms with Gasteiger partial charge in [0.25, 0.3) is 0 Å². The van der Waals surface area contributed by atoms with E-state index in [0.29, 0.717) is 5.92 Å². The van der Waals surface area contributed by atoms with E-state index in [1.54, 1.807) is 0 Å². The fraction of sp³-hybridized carbons (Fsp3) is 0.323. The summed E-state index contributed by atoms with van der Waals surface area (Å²) < 4.78 is 0. The highest BCUT2D eigenvalue weighted by Crippen LogP contribution is 2.51. The van der Waals surface area contributed by atoms with Crippen molar-refractivity contribution in [2.24, 2.45) is 5.92 Å². The zero-order chi connectivity index (χ0) is 25.1. The Morgan fingerprint density at radius 1 is 0.795 bits per heavy atom. The smallest absolute Gasteiger partial charge is 0.137 e. The SMILES string of the molecule is Cc1[nH]c(-c2ccc(Cl)cc2)nc1C(C(C)C)(C(c1ccccc1)c1ccccc1)N1CCNCC1.Cl.Cl.Cl. The second-order valence-electron chi connectivity index (χ2n) is 10.0. The zero-order valence-electron chi connectivity index (χ0n) is 22.6. The number of nitrogens with one attached hydrogen (secondary N) is 2. The van der Waals surface area contributed by atoms with E-state index in [0.717, 1.165) is 54.0 Å². The number of aromatic amines is 1. The molecule has 0 radical (unpaired) electrons. The maximum atomic E-state index is 6.19. The molecule has 2 heterocycles. The predicted molar refractivity (Wildman–Crippen MR) is 171 cm³/mol. The molecule has 0 bridgehead atoms. The average molecular weight is 608 g/mol. The van der Waals surface area contributed by atoms with Gasteiger partial charge in [-0.3, -0.25) is 4.90 Å². The van der Waals surface area contributed by atoms with Gasteiger partial charge in [-0.05, 0) is 48.2 Å². The summed E-state index contributed by atoms with van der Waals surface area (Å²) in [6, 6.07) is 29.9. The van der Waals surface area contributed by atoms with Gasteiger partial charge in [0, 0.05) is 48.4 Å². The fourth-order valence-corrected chi connectivity index (χ4v) is 6.19. The van der Waals surface area contributed by atoms with E-state index in [1.165, 1.54) is 11.1 Å². The van der Waals surface area contributed by atoms with Crippen molar-refractivity contribution in [3.63, 3.8) is 0 Å². The maximum absolute atomic E-state index is 6.19. The van der Waals surface area contributed by atoms with E-state index in [2.05, 4.69) is 96.6 Å². The Kier molecular flexibility index (Phi) is 12.4. The Bertz CT molecular complexity index is 1230. The number of hydrogen-bond acceptors (Lipinski definition) is 3. The molecule has 0 saturated carbocycles. The highest BCUT2D eigenvalue weighted by Gasteiger charge is 2.51. The van der Waals surface area contributed by atoms with Crippen molar-refractivity contribution in [1.29, 1.82) is 0 Å². The lowest BCUT2D eigenvalue weighted by atomic mass is 9.65. The minimum absolute atomic E-state index is 0. The lowest BCUT2D eigenvalue weighted by Gasteiger charge is -2.53. The molecular formula is C31H38Cl4N4. The van der Waals surface area contributed by atoms with Crippen LogP contribution >= 0.6 is 48.8 Å². The van der Waals surface area contributed by atoms with E-state index in [1.807, 2.05) is 24.3 Å². The van der Waals surface area contributed by atoms with Crippen LogP contribution in [0, 0.1) is 12.8 Å². The molecule has 39 heavy (non-hydrogen) atoms. The summed E-state index contributed by atoms with van der Waals surface area (Å²) >= 11 is 6.19. The fourth-order valence-electron chi connectivity index (χ4n) is 6.06. The van der Waals surface area contributed by atoms with Crippen molar-refractivity contribution < 1.29 is 0 Å². The summed E-state index contributed by atoms with van der Waals surface area (Å²) in [6.45, 7) is 10.8. The molecule has 1 aliphatic heterocycles. The molecular weight excluding hydrogens is 570 g/mol. The molecule has 0 spiro atoms. The Morgan fingerprint density at radius 3 is 1.79 bits per heavy atom. The number of benzene rings is 3. The van der Waals surface area contributed by atoms with Crippen LogP contribution in [0.1, 0.15) is 42.3 Å². The molecule has 1 aromatic heterocycles. The number of hydrogen-bond donors (Lipinski definition) is 2. The minimum atomic E-state index is -0.351. The van der Waals surface area contributed by atoms with Crippen LogP contribution in [-0.4, -0.2) is 41.0 Å². The monoisotopic (exact) mass is 606 g/mol. The number of imidazole rings is 1. The van der Waals surface area contributed by atoms with E-state index >= 15 is 0 Å². The van der Waals surface area contributed by atoms with Gasteiger partial charge < -0.3 is 10.3 Å². The molecule has 210 valence electrons. The van der Waals surface area contributed by atoms with Crippen LogP contribution in [-0.2, 0) is 5.54 Å². The first kappa shape index (κ1) is 33.2. The van der Waals surface area contributed by atoms with Gasteiger partial charge in [0.1, 0.15) is 5.82 Å². The Balaban J connectivity index is 0.00000178. The largest absolute Gasteiger partial charge is 0.342 e. The first-order chi connectivity index (χ1) is 17.5. The molecule has 1 aliphatic rings. The number of H-pyrrole nitrogens is 1. The molecule has 0 amide bonds. The second kappa shape index (κ2) is 14.5. The molecule has 1 atom stereocenters. The van der Waals surface area contributed by atoms with Crippen LogP contribution in [0.15, 0.2) is 84.9 Å². The van der Waals surface area contributed by atoms with Gasteiger partial charge in [0.05, 0.1) is 11.2 Å². The third-order valence-corrected chi connectivity index (χ3v) is 7.86. The van der Waals surface area contributed by atoms with E-state index in [-0.39, 0.29) is 48.7 Å². The summed E-state index contributed by atoms with van der Waals surface area (Å²) in [6.07, 6.45) is 0. The minimum Gasteiger partial charge on any atom is -0.342 e. The Labute approximate surface area is 256 Å². The van der Waals surface area contributed by atoms with Gasteiger partial charge >= 0.3 is 0 Å². The molecule has 1 unspecified atom stereocenters. The molecule has 3 aromatic carbocycles. The first-order valence-electron chi connectivity index (χ1n) is 12.9. The van der Waals surface area contributed by atoms with Gasteiger partial charge in [0.2, 0.25) is 0 Å². The van der Waals surface area contributed by atoms with Crippen LogP contribution < -0.4 is 5.32 Å². The molecule has 8 heteroatoms. The summed E-state index contributed by atoms with van der Waals surface area (Å²) in [5, 5.41) is 4.29. The van der Waals surface area contributed by atoms with Crippen molar-refractivity contribution in [3.8, 4) is 11.4 Å². The van der Waals surface area contributed by atoms with E-state index < -0.39 is 0 Å². The van der Waals surface area contributed by atoms with Crippen LogP contribution in [0.4, 0.5) is 0 Å². The Morgan fingerprint density at radius 2 is 1.31 bits per heavy atom. The molecule has 0 aliphatic carbocycles. The van der Waals surface area contributed by atoms with Crippen molar-refractivity contribution in [2.75, 3.05) is 26.2 Å². The number of piperazine rings is 1. The van der Waals surface area contributed by atoms with Crippen LogP contribution in [0.2, 0.25) is 5.02 Å². The van der Waals surface area contributed by atoms with Crippen LogP contribution in [0.25, 0.3) is 11.4 Å².